The van der Waals surface area contributed by atoms with Crippen LogP contribution < -0.4 is 11.3 Å². The van der Waals surface area contributed by atoms with E-state index in [-0.39, 0.29) is 6.04 Å². The molecule has 2 aromatic rings. The van der Waals surface area contributed by atoms with Gasteiger partial charge < -0.3 is 0 Å². The number of hydrogen-bond donors (Lipinski definition) is 2. The van der Waals surface area contributed by atoms with Crippen molar-refractivity contribution in [2.45, 2.75) is 26.3 Å². The van der Waals surface area contributed by atoms with Crippen LogP contribution in [0.2, 0.25) is 5.02 Å². The minimum Gasteiger partial charge on any atom is -0.271 e. The summed E-state index contributed by atoms with van der Waals surface area (Å²) in [6.07, 6.45) is 0.845. The molecule has 3 N–H and O–H groups in total. The van der Waals surface area contributed by atoms with E-state index < -0.39 is 0 Å². The summed E-state index contributed by atoms with van der Waals surface area (Å²) in [5.74, 6) is 5.65. The predicted molar refractivity (Wildman–Crippen MR) is 79.0 cm³/mol. The highest BCUT2D eigenvalue weighted by atomic mass is 35.5. The highest BCUT2D eigenvalue weighted by Gasteiger charge is 2.15. The van der Waals surface area contributed by atoms with Gasteiger partial charge in [0.15, 0.2) is 0 Å². The van der Waals surface area contributed by atoms with Gasteiger partial charge in [0.25, 0.3) is 0 Å². The molecule has 0 saturated carbocycles. The van der Waals surface area contributed by atoms with Crippen molar-refractivity contribution >= 4 is 22.9 Å². The van der Waals surface area contributed by atoms with E-state index in [2.05, 4.69) is 37.5 Å². The lowest BCUT2D eigenvalue weighted by atomic mass is 10.0. The van der Waals surface area contributed by atoms with Crippen molar-refractivity contribution in [2.75, 3.05) is 0 Å². The quantitative estimate of drug-likeness (QED) is 0.661. The number of nitrogens with one attached hydrogen (secondary N) is 1. The molecule has 1 aromatic heterocycles. The molecular weight excluding hydrogens is 264 g/mol. The molecule has 0 amide bonds. The first-order valence-electron chi connectivity index (χ1n) is 5.87. The van der Waals surface area contributed by atoms with E-state index in [0.717, 1.165) is 16.3 Å². The van der Waals surface area contributed by atoms with Crippen molar-refractivity contribution in [3.05, 3.63) is 56.2 Å². The molecule has 0 radical (unpaired) electrons. The zero-order valence-electron chi connectivity index (χ0n) is 10.5. The standard InChI is InChI=1S/C14H17ClN2S/c1-9-3-4-11(7-10(9)2)8-13(17-16)14-12(15)5-6-18-14/h3-7,13,17H,8,16H2,1-2H3. The zero-order valence-corrected chi connectivity index (χ0v) is 12.1. The van der Waals surface area contributed by atoms with Crippen LogP contribution in [0.15, 0.2) is 29.6 Å². The van der Waals surface area contributed by atoms with Crippen LogP contribution >= 0.6 is 22.9 Å². The molecule has 4 heteroatoms. The van der Waals surface area contributed by atoms with Crippen LogP contribution in [0.25, 0.3) is 0 Å². The molecule has 1 heterocycles. The Balaban J connectivity index is 2.20. The number of benzene rings is 1. The molecule has 1 unspecified atom stereocenters. The van der Waals surface area contributed by atoms with Gasteiger partial charge in [0.2, 0.25) is 0 Å². The summed E-state index contributed by atoms with van der Waals surface area (Å²) in [6, 6.07) is 8.48. The van der Waals surface area contributed by atoms with Crippen molar-refractivity contribution in [2.24, 2.45) is 5.84 Å². The summed E-state index contributed by atoms with van der Waals surface area (Å²) in [4.78, 5) is 1.09. The van der Waals surface area contributed by atoms with Gasteiger partial charge in [-0.2, -0.15) is 0 Å². The van der Waals surface area contributed by atoms with Gasteiger partial charge in [0.1, 0.15) is 0 Å². The number of rotatable bonds is 4. The molecule has 18 heavy (non-hydrogen) atoms. The van der Waals surface area contributed by atoms with Crippen molar-refractivity contribution in [3.63, 3.8) is 0 Å². The average molecular weight is 281 g/mol. The third-order valence-electron chi connectivity index (χ3n) is 3.17. The molecule has 1 aromatic carbocycles. The van der Waals surface area contributed by atoms with Gasteiger partial charge in [-0.05, 0) is 48.4 Å². The van der Waals surface area contributed by atoms with Gasteiger partial charge in [0, 0.05) is 4.88 Å². The minimum absolute atomic E-state index is 0.0691. The Kier molecular flexibility index (Phi) is 4.40. The normalized spacial score (nSPS) is 12.7. The van der Waals surface area contributed by atoms with E-state index in [4.69, 9.17) is 17.4 Å². The topological polar surface area (TPSA) is 38.0 Å². The number of aryl methyl sites for hydroxylation is 2. The third kappa shape index (κ3) is 2.93. The molecule has 0 aliphatic rings. The molecule has 0 aliphatic heterocycles. The number of nitrogens with two attached hydrogens (primary N) is 1. The maximum absolute atomic E-state index is 6.15. The van der Waals surface area contributed by atoms with Crippen molar-refractivity contribution in [1.82, 2.24) is 5.43 Å². The number of thiophene rings is 1. The minimum atomic E-state index is 0.0691. The molecule has 2 nitrogen and oxygen atoms in total. The summed E-state index contributed by atoms with van der Waals surface area (Å²) in [5.41, 5.74) is 6.74. The Labute approximate surface area is 117 Å². The summed E-state index contributed by atoms with van der Waals surface area (Å²) in [5, 5.41) is 2.77. The van der Waals surface area contributed by atoms with E-state index in [9.17, 15) is 0 Å². The average Bonchev–Trinajstić information content (AvgIpc) is 2.77. The smallest absolute Gasteiger partial charge is 0.0608 e. The summed E-state index contributed by atoms with van der Waals surface area (Å²) < 4.78 is 0. The fraction of sp³-hybridized carbons (Fsp3) is 0.286. The first-order valence-corrected chi connectivity index (χ1v) is 7.12. The van der Waals surface area contributed by atoms with Gasteiger partial charge in [0.05, 0.1) is 11.1 Å². The molecule has 0 spiro atoms. The van der Waals surface area contributed by atoms with E-state index in [1.807, 2.05) is 11.4 Å². The Bertz CT molecular complexity index is 536. The molecule has 0 fully saturated rings. The van der Waals surface area contributed by atoms with Gasteiger partial charge in [-0.3, -0.25) is 11.3 Å². The van der Waals surface area contributed by atoms with E-state index in [1.54, 1.807) is 11.3 Å². The third-order valence-corrected chi connectivity index (χ3v) is 4.65. The molecular formula is C14H17ClN2S. The number of hydrogen-bond acceptors (Lipinski definition) is 3. The Morgan fingerprint density at radius 3 is 2.61 bits per heavy atom. The lowest BCUT2D eigenvalue weighted by molar-refractivity contribution is 0.560. The highest BCUT2D eigenvalue weighted by Crippen LogP contribution is 2.30. The lowest BCUT2D eigenvalue weighted by Crippen LogP contribution is -2.29. The fourth-order valence-electron chi connectivity index (χ4n) is 1.95. The monoisotopic (exact) mass is 280 g/mol. The molecule has 1 atom stereocenters. The largest absolute Gasteiger partial charge is 0.271 e. The predicted octanol–water partition coefficient (Wildman–Crippen LogP) is 3.77. The van der Waals surface area contributed by atoms with Crippen molar-refractivity contribution in [1.29, 1.82) is 0 Å². The van der Waals surface area contributed by atoms with Crippen LogP contribution in [-0.2, 0) is 6.42 Å². The Morgan fingerprint density at radius 2 is 2.06 bits per heavy atom. The van der Waals surface area contributed by atoms with Crippen LogP contribution in [0.4, 0.5) is 0 Å². The second kappa shape index (κ2) is 5.85. The number of hydrazine groups is 1. The second-order valence-electron chi connectivity index (χ2n) is 4.47. The van der Waals surface area contributed by atoms with Gasteiger partial charge >= 0.3 is 0 Å². The van der Waals surface area contributed by atoms with E-state index in [1.165, 1.54) is 16.7 Å². The second-order valence-corrected chi connectivity index (χ2v) is 5.83. The Morgan fingerprint density at radius 1 is 1.28 bits per heavy atom. The van der Waals surface area contributed by atoms with Crippen LogP contribution in [0.3, 0.4) is 0 Å². The summed E-state index contributed by atoms with van der Waals surface area (Å²) in [6.45, 7) is 4.25. The maximum Gasteiger partial charge on any atom is 0.0608 e. The van der Waals surface area contributed by atoms with Crippen LogP contribution in [0.5, 0.6) is 0 Å². The van der Waals surface area contributed by atoms with Crippen molar-refractivity contribution < 1.29 is 0 Å². The molecule has 96 valence electrons. The molecule has 0 aliphatic carbocycles. The van der Waals surface area contributed by atoms with Gasteiger partial charge in [-0.25, -0.2) is 0 Å². The number of halogens is 1. The van der Waals surface area contributed by atoms with Crippen LogP contribution in [-0.4, -0.2) is 0 Å². The van der Waals surface area contributed by atoms with Gasteiger partial charge in [-0.15, -0.1) is 11.3 Å². The zero-order chi connectivity index (χ0) is 13.1. The van der Waals surface area contributed by atoms with E-state index in [0.29, 0.717) is 0 Å². The van der Waals surface area contributed by atoms with Crippen LogP contribution in [0.1, 0.15) is 27.6 Å². The molecule has 0 bridgehead atoms. The maximum atomic E-state index is 6.15. The highest BCUT2D eigenvalue weighted by molar-refractivity contribution is 7.10. The van der Waals surface area contributed by atoms with Crippen molar-refractivity contribution in [3.8, 4) is 0 Å². The summed E-state index contributed by atoms with van der Waals surface area (Å²) >= 11 is 7.79. The lowest BCUT2D eigenvalue weighted by Gasteiger charge is -2.15. The Hall–Kier alpha value is -0.870. The SMILES string of the molecule is Cc1ccc(CC(NN)c2sccc2Cl)cc1C. The molecule has 2 rings (SSSR count). The van der Waals surface area contributed by atoms with E-state index >= 15 is 0 Å². The fourth-order valence-corrected chi connectivity index (χ4v) is 3.20. The summed E-state index contributed by atoms with van der Waals surface area (Å²) in [7, 11) is 0. The first kappa shape index (κ1) is 13.6. The van der Waals surface area contributed by atoms with Crippen LogP contribution in [0, 0.1) is 13.8 Å². The first-order chi connectivity index (χ1) is 8.61. The van der Waals surface area contributed by atoms with Gasteiger partial charge in [-0.1, -0.05) is 29.8 Å². The molecule has 0 saturated heterocycles.